The van der Waals surface area contributed by atoms with Gasteiger partial charge in [-0.05, 0) is 26.0 Å². The van der Waals surface area contributed by atoms with E-state index in [1.807, 2.05) is 13.8 Å². The quantitative estimate of drug-likeness (QED) is 0.580. The largest absolute Gasteiger partial charge is 0.299 e. The molecule has 1 aliphatic heterocycles. The van der Waals surface area contributed by atoms with E-state index in [1.54, 1.807) is 6.08 Å². The average molecular weight is 233 g/mol. The lowest BCUT2D eigenvalue weighted by atomic mass is 10.1. The van der Waals surface area contributed by atoms with Gasteiger partial charge in [0.05, 0.1) is 11.3 Å². The van der Waals surface area contributed by atoms with Gasteiger partial charge < -0.3 is 0 Å². The molecule has 4 heteroatoms. The summed E-state index contributed by atoms with van der Waals surface area (Å²) in [7, 11) is 0. The monoisotopic (exact) mass is 233 g/mol. The van der Waals surface area contributed by atoms with Crippen LogP contribution in [-0.4, -0.2) is 18.2 Å². The summed E-state index contributed by atoms with van der Waals surface area (Å²) in [5.41, 5.74) is 1.26. The van der Waals surface area contributed by atoms with Crippen LogP contribution in [0.1, 0.15) is 24.2 Å². The van der Waals surface area contributed by atoms with Crippen molar-refractivity contribution in [2.45, 2.75) is 13.8 Å². The van der Waals surface area contributed by atoms with Gasteiger partial charge in [0.25, 0.3) is 11.7 Å². The van der Waals surface area contributed by atoms with Gasteiger partial charge in [-0.15, -0.1) is 0 Å². The molecule has 0 radical (unpaired) electrons. The van der Waals surface area contributed by atoms with Crippen LogP contribution in [-0.2, 0) is 4.79 Å². The second-order valence-electron chi connectivity index (χ2n) is 4.16. The van der Waals surface area contributed by atoms with Crippen molar-refractivity contribution in [3.63, 3.8) is 0 Å². The smallest absolute Gasteiger partial charge is 0.298 e. The van der Waals surface area contributed by atoms with Gasteiger partial charge in [-0.1, -0.05) is 17.7 Å². The van der Waals surface area contributed by atoms with Crippen molar-refractivity contribution in [2.24, 2.45) is 0 Å². The highest BCUT2D eigenvalue weighted by atomic mass is 19.1. The van der Waals surface area contributed by atoms with E-state index >= 15 is 0 Å². The van der Waals surface area contributed by atoms with Crippen LogP contribution in [0.4, 0.5) is 10.1 Å². The predicted molar refractivity (Wildman–Crippen MR) is 62.5 cm³/mol. The highest BCUT2D eigenvalue weighted by Gasteiger charge is 2.37. The molecule has 0 bridgehead atoms. The lowest BCUT2D eigenvalue weighted by Crippen LogP contribution is -2.30. The molecule has 0 spiro atoms. The number of Topliss-reactive ketones (excluding diaryl/α,β-unsaturated/α-hetero) is 1. The molecule has 1 aromatic carbocycles. The van der Waals surface area contributed by atoms with E-state index in [-0.39, 0.29) is 17.8 Å². The van der Waals surface area contributed by atoms with Crippen LogP contribution >= 0.6 is 0 Å². The second kappa shape index (κ2) is 4.13. The van der Waals surface area contributed by atoms with Crippen molar-refractivity contribution in [1.29, 1.82) is 0 Å². The number of amides is 1. The van der Waals surface area contributed by atoms with E-state index in [4.69, 9.17) is 0 Å². The molecule has 0 aromatic heterocycles. The minimum absolute atomic E-state index is 0.0972. The third kappa shape index (κ3) is 1.86. The molecule has 0 atom stereocenters. The molecule has 0 unspecified atom stereocenters. The van der Waals surface area contributed by atoms with Crippen molar-refractivity contribution in [2.75, 3.05) is 11.4 Å². The summed E-state index contributed by atoms with van der Waals surface area (Å²) in [5, 5.41) is 0. The average Bonchev–Trinajstić information content (AvgIpc) is 2.52. The Morgan fingerprint density at radius 1 is 1.35 bits per heavy atom. The topological polar surface area (TPSA) is 37.4 Å². The van der Waals surface area contributed by atoms with Gasteiger partial charge in [-0.2, -0.15) is 0 Å². The Morgan fingerprint density at radius 2 is 2.06 bits per heavy atom. The van der Waals surface area contributed by atoms with Crippen molar-refractivity contribution >= 4 is 17.4 Å². The first-order valence-electron chi connectivity index (χ1n) is 5.30. The first kappa shape index (κ1) is 11.5. The number of nitrogens with zero attached hydrogens (tertiary/aromatic N) is 1. The molecule has 0 saturated carbocycles. The Labute approximate surface area is 98.5 Å². The number of benzene rings is 1. The third-order valence-corrected chi connectivity index (χ3v) is 2.62. The number of hydrogen-bond acceptors (Lipinski definition) is 2. The van der Waals surface area contributed by atoms with Crippen molar-refractivity contribution in [3.05, 3.63) is 41.2 Å². The molecule has 1 aromatic rings. The van der Waals surface area contributed by atoms with Crippen LogP contribution in [0.2, 0.25) is 0 Å². The standard InChI is InChI=1S/C13H12FNO2/c1-8(2)6-7-15-11-9(12(16)13(15)17)4-3-5-10(11)14/h3-6H,7H2,1-2H3. The number of carbonyl (C=O) groups excluding carboxylic acids is 2. The van der Waals surface area contributed by atoms with Crippen molar-refractivity contribution in [3.8, 4) is 0 Å². The van der Waals surface area contributed by atoms with E-state index in [0.29, 0.717) is 0 Å². The molecule has 1 aliphatic rings. The highest BCUT2D eigenvalue weighted by molar-refractivity contribution is 6.52. The Balaban J connectivity index is 2.47. The van der Waals surface area contributed by atoms with E-state index < -0.39 is 17.5 Å². The van der Waals surface area contributed by atoms with E-state index in [1.165, 1.54) is 23.1 Å². The molecule has 1 amide bonds. The summed E-state index contributed by atoms with van der Waals surface area (Å²) in [6.45, 7) is 3.98. The van der Waals surface area contributed by atoms with Crippen LogP contribution in [0.25, 0.3) is 0 Å². The molecule has 17 heavy (non-hydrogen) atoms. The maximum absolute atomic E-state index is 13.6. The van der Waals surface area contributed by atoms with Crippen molar-refractivity contribution in [1.82, 2.24) is 0 Å². The van der Waals surface area contributed by atoms with Gasteiger partial charge in [0.15, 0.2) is 0 Å². The van der Waals surface area contributed by atoms with E-state index in [2.05, 4.69) is 0 Å². The van der Waals surface area contributed by atoms with Crippen LogP contribution in [0.15, 0.2) is 29.8 Å². The first-order valence-corrected chi connectivity index (χ1v) is 5.30. The zero-order valence-corrected chi connectivity index (χ0v) is 9.66. The summed E-state index contributed by atoms with van der Waals surface area (Å²) in [4.78, 5) is 24.5. The minimum atomic E-state index is -0.664. The summed E-state index contributed by atoms with van der Waals surface area (Å²) in [5.74, 6) is -1.84. The molecule has 3 nitrogen and oxygen atoms in total. The zero-order valence-electron chi connectivity index (χ0n) is 9.66. The number of allylic oxidation sites excluding steroid dienone is 1. The molecule has 0 N–H and O–H groups in total. The molecule has 0 saturated heterocycles. The fourth-order valence-corrected chi connectivity index (χ4v) is 1.76. The summed E-state index contributed by atoms with van der Waals surface area (Å²) in [6, 6.07) is 4.16. The second-order valence-corrected chi connectivity index (χ2v) is 4.16. The third-order valence-electron chi connectivity index (χ3n) is 2.62. The Hall–Kier alpha value is -1.97. The highest BCUT2D eigenvalue weighted by Crippen LogP contribution is 2.31. The number of para-hydroxylation sites is 1. The molecular weight excluding hydrogens is 221 g/mol. The lowest BCUT2D eigenvalue weighted by Gasteiger charge is -2.14. The molecule has 88 valence electrons. The van der Waals surface area contributed by atoms with E-state index in [9.17, 15) is 14.0 Å². The first-order chi connectivity index (χ1) is 8.02. The predicted octanol–water partition coefficient (Wildman–Crippen LogP) is 2.32. The maximum Gasteiger partial charge on any atom is 0.299 e. The van der Waals surface area contributed by atoms with Crippen LogP contribution in [0.3, 0.4) is 0 Å². The van der Waals surface area contributed by atoms with E-state index in [0.717, 1.165) is 5.57 Å². The number of rotatable bonds is 2. The maximum atomic E-state index is 13.6. The van der Waals surface area contributed by atoms with Gasteiger partial charge in [-0.3, -0.25) is 14.5 Å². The van der Waals surface area contributed by atoms with Crippen molar-refractivity contribution < 1.29 is 14.0 Å². The lowest BCUT2D eigenvalue weighted by molar-refractivity contribution is -0.114. The number of halogens is 1. The van der Waals surface area contributed by atoms with Gasteiger partial charge in [0.2, 0.25) is 0 Å². The van der Waals surface area contributed by atoms with Gasteiger partial charge in [-0.25, -0.2) is 4.39 Å². The summed E-state index contributed by atoms with van der Waals surface area (Å²) in [6.07, 6.45) is 1.78. The van der Waals surface area contributed by atoms with Crippen LogP contribution in [0, 0.1) is 5.82 Å². The SMILES string of the molecule is CC(C)=CCN1C(=O)C(=O)c2cccc(F)c21. The number of anilines is 1. The van der Waals surface area contributed by atoms with Gasteiger partial charge >= 0.3 is 0 Å². The molecule has 0 aliphatic carbocycles. The molecule has 0 fully saturated rings. The fraction of sp³-hybridized carbons (Fsp3) is 0.231. The number of hydrogen-bond donors (Lipinski definition) is 0. The van der Waals surface area contributed by atoms with Gasteiger partial charge in [0.1, 0.15) is 5.82 Å². The minimum Gasteiger partial charge on any atom is -0.298 e. The Bertz CT molecular complexity index is 530. The number of ketones is 1. The summed E-state index contributed by atoms with van der Waals surface area (Å²) >= 11 is 0. The molecule has 1 heterocycles. The normalized spacial score (nSPS) is 13.9. The Morgan fingerprint density at radius 3 is 2.71 bits per heavy atom. The summed E-state index contributed by atoms with van der Waals surface area (Å²) < 4.78 is 13.6. The number of carbonyl (C=O) groups is 2. The molecular formula is C13H12FNO2. The number of fused-ring (bicyclic) bond motifs is 1. The molecule has 2 rings (SSSR count). The fourth-order valence-electron chi connectivity index (χ4n) is 1.76. The Kier molecular flexibility index (Phi) is 2.79. The van der Waals surface area contributed by atoms with Crippen LogP contribution < -0.4 is 4.90 Å². The zero-order chi connectivity index (χ0) is 12.6. The van der Waals surface area contributed by atoms with Gasteiger partial charge in [0, 0.05) is 6.54 Å². The van der Waals surface area contributed by atoms with Crippen LogP contribution in [0.5, 0.6) is 0 Å².